The molecule has 0 spiro atoms. The molecule has 0 atom stereocenters. The molecule has 0 nitrogen and oxygen atoms in total. The Balaban J connectivity index is 2.15. The molecule has 0 unspecified atom stereocenters. The Bertz CT molecular complexity index is 382. The van der Waals surface area contributed by atoms with Crippen molar-refractivity contribution in [2.45, 2.75) is 13.8 Å². The summed E-state index contributed by atoms with van der Waals surface area (Å²) in [5, 5.41) is 0. The fourth-order valence-electron chi connectivity index (χ4n) is 1.35. The quantitative estimate of drug-likeness (QED) is 0.725. The SMILES string of the molecule is Cc1ccc([Se]c2ccc(C)cc2)cc1. The Morgan fingerprint density at radius 3 is 1.27 bits per heavy atom. The van der Waals surface area contributed by atoms with Crippen molar-refractivity contribution in [2.24, 2.45) is 0 Å². The molecule has 76 valence electrons. The van der Waals surface area contributed by atoms with E-state index in [4.69, 9.17) is 0 Å². The molecule has 2 aromatic rings. The first-order chi connectivity index (χ1) is 7.24. The van der Waals surface area contributed by atoms with Crippen molar-refractivity contribution in [3.05, 3.63) is 59.7 Å². The number of hydrogen-bond donors (Lipinski definition) is 0. The van der Waals surface area contributed by atoms with Gasteiger partial charge in [-0.2, -0.15) is 0 Å². The Hall–Kier alpha value is -1.04. The van der Waals surface area contributed by atoms with E-state index in [1.807, 2.05) is 0 Å². The van der Waals surface area contributed by atoms with Crippen LogP contribution in [0, 0.1) is 13.8 Å². The van der Waals surface area contributed by atoms with Crippen molar-refractivity contribution >= 4 is 23.9 Å². The van der Waals surface area contributed by atoms with Crippen LogP contribution in [-0.2, 0) is 0 Å². The van der Waals surface area contributed by atoms with Gasteiger partial charge in [-0.25, -0.2) is 0 Å². The summed E-state index contributed by atoms with van der Waals surface area (Å²) >= 11 is 0.446. The summed E-state index contributed by atoms with van der Waals surface area (Å²) < 4.78 is 2.88. The zero-order valence-electron chi connectivity index (χ0n) is 9.03. The average molecular weight is 261 g/mol. The van der Waals surface area contributed by atoms with Gasteiger partial charge in [-0.05, 0) is 0 Å². The topological polar surface area (TPSA) is 0 Å². The van der Waals surface area contributed by atoms with E-state index in [9.17, 15) is 0 Å². The number of rotatable bonds is 2. The molecule has 0 radical (unpaired) electrons. The molecule has 0 saturated carbocycles. The van der Waals surface area contributed by atoms with Gasteiger partial charge >= 0.3 is 97.4 Å². The van der Waals surface area contributed by atoms with Crippen LogP contribution in [-0.4, -0.2) is 15.0 Å². The number of benzene rings is 2. The number of aryl methyl sites for hydroxylation is 2. The zero-order valence-corrected chi connectivity index (χ0v) is 10.7. The third-order valence-electron chi connectivity index (χ3n) is 2.28. The van der Waals surface area contributed by atoms with Crippen molar-refractivity contribution in [3.63, 3.8) is 0 Å². The molecule has 15 heavy (non-hydrogen) atoms. The van der Waals surface area contributed by atoms with Gasteiger partial charge in [0.15, 0.2) is 0 Å². The van der Waals surface area contributed by atoms with Crippen LogP contribution < -0.4 is 8.92 Å². The van der Waals surface area contributed by atoms with Gasteiger partial charge in [-0.3, -0.25) is 0 Å². The van der Waals surface area contributed by atoms with Gasteiger partial charge in [0.1, 0.15) is 0 Å². The molecule has 0 heterocycles. The molecule has 0 N–H and O–H groups in total. The standard InChI is InChI=1S/C14H14Se/c1-11-3-7-13(8-4-11)15-14-9-5-12(2)6-10-14/h3-10H,1-2H3. The molecular weight excluding hydrogens is 247 g/mol. The third-order valence-corrected chi connectivity index (χ3v) is 4.41. The van der Waals surface area contributed by atoms with Gasteiger partial charge in [-0.15, -0.1) is 0 Å². The van der Waals surface area contributed by atoms with Crippen LogP contribution in [0.2, 0.25) is 0 Å². The van der Waals surface area contributed by atoms with Crippen LogP contribution in [0.3, 0.4) is 0 Å². The van der Waals surface area contributed by atoms with Crippen LogP contribution in [0.15, 0.2) is 48.5 Å². The summed E-state index contributed by atoms with van der Waals surface area (Å²) in [6, 6.07) is 17.7. The first-order valence-corrected chi connectivity index (χ1v) is 6.76. The van der Waals surface area contributed by atoms with Gasteiger partial charge in [0.2, 0.25) is 0 Å². The first-order valence-electron chi connectivity index (χ1n) is 5.05. The van der Waals surface area contributed by atoms with Crippen molar-refractivity contribution in [3.8, 4) is 0 Å². The van der Waals surface area contributed by atoms with Gasteiger partial charge in [-0.1, -0.05) is 0 Å². The molecule has 0 bridgehead atoms. The van der Waals surface area contributed by atoms with E-state index in [1.54, 1.807) is 0 Å². The minimum absolute atomic E-state index is 0.446. The second-order valence-corrected chi connectivity index (χ2v) is 6.13. The van der Waals surface area contributed by atoms with Gasteiger partial charge < -0.3 is 0 Å². The summed E-state index contributed by atoms with van der Waals surface area (Å²) in [5.74, 6) is 0. The van der Waals surface area contributed by atoms with Crippen molar-refractivity contribution < 1.29 is 0 Å². The third kappa shape index (κ3) is 2.95. The van der Waals surface area contributed by atoms with Gasteiger partial charge in [0.05, 0.1) is 0 Å². The first kappa shape index (κ1) is 10.5. The van der Waals surface area contributed by atoms with E-state index in [0.29, 0.717) is 15.0 Å². The Labute approximate surface area is 97.5 Å². The van der Waals surface area contributed by atoms with E-state index in [-0.39, 0.29) is 0 Å². The molecule has 2 aromatic carbocycles. The average Bonchev–Trinajstić information content (AvgIpc) is 2.25. The molecule has 1 heteroatoms. The number of hydrogen-bond acceptors (Lipinski definition) is 0. The second-order valence-electron chi connectivity index (χ2n) is 3.73. The fraction of sp³-hybridized carbons (Fsp3) is 0.143. The zero-order chi connectivity index (χ0) is 10.7. The summed E-state index contributed by atoms with van der Waals surface area (Å²) in [5.41, 5.74) is 2.66. The second kappa shape index (κ2) is 4.65. The summed E-state index contributed by atoms with van der Waals surface area (Å²) in [4.78, 5) is 0. The van der Waals surface area contributed by atoms with Crippen LogP contribution in [0.5, 0.6) is 0 Å². The van der Waals surface area contributed by atoms with Gasteiger partial charge in [0, 0.05) is 0 Å². The Morgan fingerprint density at radius 2 is 0.933 bits per heavy atom. The van der Waals surface area contributed by atoms with E-state index < -0.39 is 0 Å². The predicted molar refractivity (Wildman–Crippen MR) is 67.4 cm³/mol. The molecule has 0 fully saturated rings. The summed E-state index contributed by atoms with van der Waals surface area (Å²) in [6.07, 6.45) is 0. The molecule has 0 aliphatic heterocycles. The van der Waals surface area contributed by atoms with Crippen LogP contribution in [0.4, 0.5) is 0 Å². The fourth-order valence-corrected chi connectivity index (χ4v) is 3.06. The Morgan fingerprint density at radius 1 is 0.600 bits per heavy atom. The normalized spacial score (nSPS) is 10.3. The van der Waals surface area contributed by atoms with Gasteiger partial charge in [0.25, 0.3) is 0 Å². The van der Waals surface area contributed by atoms with Crippen molar-refractivity contribution in [1.29, 1.82) is 0 Å². The molecule has 0 aromatic heterocycles. The van der Waals surface area contributed by atoms with Crippen LogP contribution >= 0.6 is 0 Å². The molecular formula is C14H14Se. The minimum atomic E-state index is 0.446. The van der Waals surface area contributed by atoms with E-state index >= 15 is 0 Å². The van der Waals surface area contributed by atoms with Crippen LogP contribution in [0.1, 0.15) is 11.1 Å². The summed E-state index contributed by atoms with van der Waals surface area (Å²) in [7, 11) is 0. The maximum atomic E-state index is 2.23. The maximum absolute atomic E-state index is 2.23. The molecule has 0 amide bonds. The molecule has 2 rings (SSSR count). The van der Waals surface area contributed by atoms with E-state index in [1.165, 1.54) is 20.1 Å². The molecule has 0 aliphatic carbocycles. The summed E-state index contributed by atoms with van der Waals surface area (Å²) in [6.45, 7) is 4.26. The predicted octanol–water partition coefficient (Wildman–Crippen LogP) is 1.96. The van der Waals surface area contributed by atoms with E-state index in [2.05, 4.69) is 62.4 Å². The van der Waals surface area contributed by atoms with Crippen molar-refractivity contribution in [2.75, 3.05) is 0 Å². The van der Waals surface area contributed by atoms with E-state index in [0.717, 1.165) is 0 Å². The Kier molecular flexibility index (Phi) is 3.25. The van der Waals surface area contributed by atoms with Crippen LogP contribution in [0.25, 0.3) is 0 Å². The molecule has 0 saturated heterocycles. The monoisotopic (exact) mass is 262 g/mol. The molecule has 0 aliphatic rings. The van der Waals surface area contributed by atoms with Crippen molar-refractivity contribution in [1.82, 2.24) is 0 Å².